The van der Waals surface area contributed by atoms with E-state index in [9.17, 15) is 0 Å². The van der Waals surface area contributed by atoms with Crippen molar-refractivity contribution < 1.29 is 0 Å². The molecule has 0 aliphatic carbocycles. The lowest BCUT2D eigenvalue weighted by molar-refractivity contribution is 0.591. The Bertz CT molecular complexity index is 3280. The zero-order chi connectivity index (χ0) is 35.0. The van der Waals surface area contributed by atoms with E-state index in [0.717, 1.165) is 0 Å². The van der Waals surface area contributed by atoms with Gasteiger partial charge in [-0.3, -0.25) is 0 Å². The molecule has 0 fully saturated rings. The molecule has 8 aromatic carbocycles. The minimum atomic E-state index is 0.0316. The predicted molar refractivity (Wildman–Crippen MR) is 226 cm³/mol. The van der Waals surface area contributed by atoms with Gasteiger partial charge in [-0.2, -0.15) is 0 Å². The van der Waals surface area contributed by atoms with Crippen molar-refractivity contribution in [3.05, 3.63) is 132 Å². The smallest absolute Gasteiger partial charge is 0.0811 e. The summed E-state index contributed by atoms with van der Waals surface area (Å²) >= 11 is 0. The summed E-state index contributed by atoms with van der Waals surface area (Å²) in [4.78, 5) is 0. The first-order valence-electron chi connectivity index (χ1n) is 18.7. The van der Waals surface area contributed by atoms with Crippen molar-refractivity contribution in [3.63, 3.8) is 0 Å². The molecule has 0 saturated heterocycles. The lowest BCUT2D eigenvalue weighted by atomic mass is 9.85. The van der Waals surface area contributed by atoms with Crippen LogP contribution in [0.15, 0.2) is 121 Å². The first-order valence-corrected chi connectivity index (χ1v) is 18.7. The minimum Gasteiger partial charge on any atom is -0.306 e. The summed E-state index contributed by atoms with van der Waals surface area (Å²) in [5, 5.41) is 18.6. The molecule has 0 radical (unpaired) electrons. The van der Waals surface area contributed by atoms with Gasteiger partial charge in [0.05, 0.1) is 33.1 Å². The van der Waals surface area contributed by atoms with Crippen molar-refractivity contribution >= 4 is 109 Å². The molecule has 0 N–H and O–H groups in total. The van der Waals surface area contributed by atoms with E-state index in [-0.39, 0.29) is 10.8 Å². The van der Waals surface area contributed by atoms with Crippen molar-refractivity contribution in [3.8, 4) is 0 Å². The van der Waals surface area contributed by atoms with Crippen molar-refractivity contribution in [2.24, 2.45) is 0 Å². The van der Waals surface area contributed by atoms with Crippen LogP contribution >= 0.6 is 0 Å². The van der Waals surface area contributed by atoms with Gasteiger partial charge < -0.3 is 8.80 Å². The maximum absolute atomic E-state index is 2.67. The predicted octanol–water partition coefficient (Wildman–Crippen LogP) is 14.0. The van der Waals surface area contributed by atoms with E-state index in [1.807, 2.05) is 0 Å². The monoisotopic (exact) mass is 666 g/mol. The second-order valence-corrected chi connectivity index (χ2v) is 17.3. The SMILES string of the molecule is CC(C)(C)c1ccc2c(c1)c1cccc3c4ccccc4c4c(c31)n2c1c2c3ccccc3c3cccc5c6cc(C(C)(C)C)ccc6n(c2c35)c41. The molecule has 0 unspecified atom stereocenters. The molecule has 248 valence electrons. The van der Waals surface area contributed by atoms with Gasteiger partial charge in [0.25, 0.3) is 0 Å². The molecule has 0 bridgehead atoms. The summed E-state index contributed by atoms with van der Waals surface area (Å²) in [6, 6.07) is 46.7. The second kappa shape index (κ2) is 9.13. The van der Waals surface area contributed by atoms with E-state index in [1.165, 1.54) is 120 Å². The van der Waals surface area contributed by atoms with Crippen LogP contribution in [0, 0.1) is 0 Å². The van der Waals surface area contributed by atoms with Crippen LogP contribution in [0.1, 0.15) is 52.7 Å². The van der Waals surface area contributed by atoms with Gasteiger partial charge in [0.2, 0.25) is 0 Å². The third-order valence-electron chi connectivity index (χ3n) is 12.4. The number of aromatic nitrogens is 2. The summed E-state index contributed by atoms with van der Waals surface area (Å²) < 4.78 is 5.34. The van der Waals surface area contributed by atoms with Gasteiger partial charge in [-0.1, -0.05) is 139 Å². The molecule has 2 nitrogen and oxygen atoms in total. The van der Waals surface area contributed by atoms with E-state index >= 15 is 0 Å². The number of hydrogen-bond acceptors (Lipinski definition) is 0. The molecule has 0 amide bonds. The van der Waals surface area contributed by atoms with Crippen molar-refractivity contribution in [1.29, 1.82) is 0 Å². The van der Waals surface area contributed by atoms with Crippen LogP contribution in [-0.4, -0.2) is 8.80 Å². The van der Waals surface area contributed by atoms with Crippen molar-refractivity contribution in [1.82, 2.24) is 8.80 Å². The summed E-state index contributed by atoms with van der Waals surface area (Å²) in [6.45, 7) is 14.0. The lowest BCUT2D eigenvalue weighted by Gasteiger charge is -2.22. The maximum atomic E-state index is 2.67. The highest BCUT2D eigenvalue weighted by atomic mass is 15.0. The van der Waals surface area contributed by atoms with E-state index in [2.05, 4.69) is 172 Å². The standard InChI is InChI=1S/C50H38N2/c1-49(2,3)27-21-23-39-37(25-27)35-19-11-17-31-29-13-7-9-15-33(29)43-45(41(31)35)51(39)47-44-34-16-10-8-14-30(34)32-18-12-20-36-38-26-28(50(4,5)6)22-24-40(38)52(48(43)47)46(44)42(32)36/h7-26H,1-6H3. The van der Waals surface area contributed by atoms with Gasteiger partial charge in [0, 0.05) is 32.3 Å². The fraction of sp³-hybridized carbons (Fsp3) is 0.160. The van der Waals surface area contributed by atoms with Crippen LogP contribution < -0.4 is 0 Å². The Morgan fingerprint density at radius 3 is 1.02 bits per heavy atom. The van der Waals surface area contributed by atoms with Crippen LogP contribution in [0.3, 0.4) is 0 Å². The number of rotatable bonds is 0. The molecule has 0 aliphatic heterocycles. The number of nitrogens with zero attached hydrogens (tertiary/aromatic N) is 2. The van der Waals surface area contributed by atoms with Gasteiger partial charge in [0.15, 0.2) is 0 Å². The minimum absolute atomic E-state index is 0.0316. The molecule has 0 atom stereocenters. The summed E-state index contributed by atoms with van der Waals surface area (Å²) in [5.74, 6) is 0. The molecule has 0 aliphatic rings. The van der Waals surface area contributed by atoms with E-state index in [4.69, 9.17) is 0 Å². The molecule has 2 heteroatoms. The first kappa shape index (κ1) is 28.8. The van der Waals surface area contributed by atoms with Gasteiger partial charge in [-0.25, -0.2) is 0 Å². The third-order valence-corrected chi connectivity index (χ3v) is 12.4. The third kappa shape index (κ3) is 3.28. The van der Waals surface area contributed by atoms with Gasteiger partial charge in [0.1, 0.15) is 0 Å². The van der Waals surface area contributed by atoms with Gasteiger partial charge in [-0.05, 0) is 89.3 Å². The largest absolute Gasteiger partial charge is 0.306 e. The molecule has 52 heavy (non-hydrogen) atoms. The fourth-order valence-corrected chi connectivity index (χ4v) is 10.0. The molecule has 4 aromatic heterocycles. The summed E-state index contributed by atoms with van der Waals surface area (Å²) in [5.41, 5.74) is 10.6. The Morgan fingerprint density at radius 2 is 0.635 bits per heavy atom. The average molecular weight is 667 g/mol. The molecule has 0 saturated carbocycles. The van der Waals surface area contributed by atoms with Crippen LogP contribution in [0.4, 0.5) is 0 Å². The highest BCUT2D eigenvalue weighted by Crippen LogP contribution is 2.52. The van der Waals surface area contributed by atoms with E-state index in [0.29, 0.717) is 0 Å². The molecular formula is C50H38N2. The number of pyridine rings is 2. The van der Waals surface area contributed by atoms with E-state index < -0.39 is 0 Å². The number of hydrogen-bond donors (Lipinski definition) is 0. The average Bonchev–Trinajstić information content (AvgIpc) is 3.68. The van der Waals surface area contributed by atoms with Gasteiger partial charge in [-0.15, -0.1) is 0 Å². The number of fused-ring (bicyclic) bond motifs is 17. The van der Waals surface area contributed by atoms with Crippen LogP contribution in [0.2, 0.25) is 0 Å². The maximum Gasteiger partial charge on any atom is 0.0811 e. The van der Waals surface area contributed by atoms with Crippen molar-refractivity contribution in [2.75, 3.05) is 0 Å². The summed E-state index contributed by atoms with van der Waals surface area (Å²) in [6.07, 6.45) is 0. The molecule has 12 aromatic rings. The Labute approximate surface area is 301 Å². The Kier molecular flexibility index (Phi) is 5.06. The van der Waals surface area contributed by atoms with Crippen molar-refractivity contribution in [2.45, 2.75) is 52.4 Å². The number of benzene rings is 8. The molecule has 4 heterocycles. The van der Waals surface area contributed by atoms with Crippen LogP contribution in [0.5, 0.6) is 0 Å². The lowest BCUT2D eigenvalue weighted by Crippen LogP contribution is -2.11. The first-order chi connectivity index (χ1) is 25.1. The quantitative estimate of drug-likeness (QED) is 0.112. The zero-order valence-corrected chi connectivity index (χ0v) is 30.4. The second-order valence-electron chi connectivity index (χ2n) is 17.3. The highest BCUT2D eigenvalue weighted by molar-refractivity contribution is 6.44. The zero-order valence-electron chi connectivity index (χ0n) is 30.4. The topological polar surface area (TPSA) is 8.82 Å². The highest BCUT2D eigenvalue weighted by Gasteiger charge is 2.30. The molecule has 12 rings (SSSR count). The van der Waals surface area contributed by atoms with Gasteiger partial charge >= 0.3 is 0 Å². The Hall–Kier alpha value is -5.86. The molecular weight excluding hydrogens is 629 g/mol. The fourth-order valence-electron chi connectivity index (χ4n) is 10.0. The van der Waals surface area contributed by atoms with Crippen LogP contribution in [-0.2, 0) is 10.8 Å². The Balaban J connectivity index is 1.51. The summed E-state index contributed by atoms with van der Waals surface area (Å²) in [7, 11) is 0. The molecule has 0 spiro atoms. The normalized spacial score (nSPS) is 13.6. The Morgan fingerprint density at radius 1 is 0.308 bits per heavy atom. The van der Waals surface area contributed by atoms with E-state index in [1.54, 1.807) is 0 Å². The van der Waals surface area contributed by atoms with Crippen LogP contribution in [0.25, 0.3) is 109 Å².